The molecule has 2 aromatic heterocycles. The molecule has 8 heteroatoms. The van der Waals surface area contributed by atoms with Gasteiger partial charge in [-0.1, -0.05) is 11.6 Å². The fraction of sp³-hybridized carbons (Fsp3) is 0.158. The van der Waals surface area contributed by atoms with E-state index in [0.29, 0.717) is 23.1 Å². The summed E-state index contributed by atoms with van der Waals surface area (Å²) in [6, 6.07) is 11.6. The molecule has 2 N–H and O–H groups in total. The number of hydrogen-bond donors (Lipinski definition) is 2. The molecular formula is C19H18N6O2. The molecule has 0 saturated carbocycles. The Labute approximate surface area is 155 Å². The van der Waals surface area contributed by atoms with Crippen molar-refractivity contribution in [3.8, 4) is 11.5 Å². The molecule has 4 aromatic rings. The summed E-state index contributed by atoms with van der Waals surface area (Å²) in [7, 11) is 3.19. The molecule has 2 heterocycles. The van der Waals surface area contributed by atoms with E-state index < -0.39 is 0 Å². The van der Waals surface area contributed by atoms with Crippen molar-refractivity contribution in [3.63, 3.8) is 0 Å². The van der Waals surface area contributed by atoms with Gasteiger partial charge in [0.2, 0.25) is 0 Å². The number of hydrogen-bond acceptors (Lipinski definition) is 7. The van der Waals surface area contributed by atoms with Crippen molar-refractivity contribution in [3.05, 3.63) is 47.5 Å². The van der Waals surface area contributed by atoms with Gasteiger partial charge in [-0.25, -0.2) is 5.43 Å². The van der Waals surface area contributed by atoms with Crippen LogP contribution in [0.4, 0.5) is 5.95 Å². The third kappa shape index (κ3) is 3.24. The smallest absolute Gasteiger partial charge is 0.265 e. The predicted octanol–water partition coefficient (Wildman–Crippen LogP) is 3.28. The minimum absolute atomic E-state index is 0.308. The van der Waals surface area contributed by atoms with E-state index in [0.717, 1.165) is 27.5 Å². The van der Waals surface area contributed by atoms with E-state index in [9.17, 15) is 0 Å². The van der Waals surface area contributed by atoms with Crippen LogP contribution < -0.4 is 14.9 Å². The van der Waals surface area contributed by atoms with Crippen LogP contribution >= 0.6 is 0 Å². The number of benzene rings is 2. The number of H-pyrrole nitrogens is 1. The second kappa shape index (κ2) is 6.91. The van der Waals surface area contributed by atoms with Crippen LogP contribution in [0.15, 0.2) is 41.5 Å². The summed E-state index contributed by atoms with van der Waals surface area (Å²) < 4.78 is 10.5. The van der Waals surface area contributed by atoms with Crippen molar-refractivity contribution in [1.29, 1.82) is 0 Å². The first-order valence-electron chi connectivity index (χ1n) is 8.32. The Hall–Kier alpha value is -3.68. The van der Waals surface area contributed by atoms with Gasteiger partial charge in [-0.2, -0.15) is 10.1 Å². The Morgan fingerprint density at radius 2 is 1.89 bits per heavy atom. The number of nitrogens with one attached hydrogen (secondary N) is 2. The highest BCUT2D eigenvalue weighted by atomic mass is 16.5. The van der Waals surface area contributed by atoms with E-state index in [2.05, 4.69) is 36.8 Å². The molecule has 0 amide bonds. The van der Waals surface area contributed by atoms with Crippen LogP contribution in [-0.4, -0.2) is 40.6 Å². The molecule has 0 spiro atoms. The average molecular weight is 362 g/mol. The highest BCUT2D eigenvalue weighted by Gasteiger charge is 2.09. The molecule has 0 atom stereocenters. The molecule has 0 radical (unpaired) electrons. The molecule has 0 bridgehead atoms. The van der Waals surface area contributed by atoms with Crippen molar-refractivity contribution in [1.82, 2.24) is 20.2 Å². The van der Waals surface area contributed by atoms with Gasteiger partial charge >= 0.3 is 0 Å². The third-order valence-corrected chi connectivity index (χ3v) is 4.16. The molecule has 0 fully saturated rings. The molecule has 0 aliphatic heterocycles. The fourth-order valence-electron chi connectivity index (χ4n) is 2.83. The first-order valence-corrected chi connectivity index (χ1v) is 8.32. The third-order valence-electron chi connectivity index (χ3n) is 4.16. The van der Waals surface area contributed by atoms with Crippen LogP contribution in [0.25, 0.3) is 22.1 Å². The number of methoxy groups -OCH3 is 2. The first kappa shape index (κ1) is 16.8. The molecule has 0 unspecified atom stereocenters. The number of aromatic amines is 1. The van der Waals surface area contributed by atoms with Gasteiger partial charge < -0.3 is 14.5 Å². The number of nitrogens with zero attached hydrogens (tertiary/aromatic N) is 4. The van der Waals surface area contributed by atoms with Crippen LogP contribution in [0.3, 0.4) is 0 Å². The maximum atomic E-state index is 5.28. The summed E-state index contributed by atoms with van der Waals surface area (Å²) in [6.07, 6.45) is 1.64. The number of rotatable bonds is 5. The Kier molecular flexibility index (Phi) is 4.29. The summed E-state index contributed by atoms with van der Waals surface area (Å²) in [5.41, 5.74) is 7.18. The van der Waals surface area contributed by atoms with E-state index in [-0.39, 0.29) is 0 Å². The number of hydrazone groups is 1. The number of aryl methyl sites for hydroxylation is 1. The largest absolute Gasteiger partial charge is 0.493 e. The average Bonchev–Trinajstić information content (AvgIpc) is 3.04. The van der Waals surface area contributed by atoms with Crippen molar-refractivity contribution >= 4 is 34.2 Å². The van der Waals surface area contributed by atoms with Gasteiger partial charge in [0.05, 0.1) is 20.4 Å². The summed E-state index contributed by atoms with van der Waals surface area (Å²) in [4.78, 5) is 7.68. The lowest BCUT2D eigenvalue weighted by Crippen LogP contribution is -1.99. The maximum Gasteiger partial charge on any atom is 0.265 e. The summed E-state index contributed by atoms with van der Waals surface area (Å²) >= 11 is 0. The van der Waals surface area contributed by atoms with Gasteiger partial charge in [0.15, 0.2) is 17.1 Å². The zero-order chi connectivity index (χ0) is 18.8. The molecule has 8 nitrogen and oxygen atoms in total. The maximum absolute atomic E-state index is 5.28. The lowest BCUT2D eigenvalue weighted by atomic mass is 10.2. The fourth-order valence-corrected chi connectivity index (χ4v) is 2.83. The van der Waals surface area contributed by atoms with Crippen LogP contribution in [0, 0.1) is 6.92 Å². The standard InChI is InChI=1S/C19H18N6O2/c1-11-4-6-14-13(8-11)17-18(21-14)22-19(25-23-17)24-20-10-12-5-7-15(26-2)16(9-12)27-3/h4-10H,1-3H3,(H2,21,22,24,25). The number of anilines is 1. The summed E-state index contributed by atoms with van der Waals surface area (Å²) in [5.74, 6) is 1.60. The van der Waals surface area contributed by atoms with Crippen LogP contribution in [0.1, 0.15) is 11.1 Å². The van der Waals surface area contributed by atoms with Crippen molar-refractivity contribution in [2.75, 3.05) is 19.6 Å². The lowest BCUT2D eigenvalue weighted by Gasteiger charge is -2.07. The molecule has 0 aliphatic carbocycles. The van der Waals surface area contributed by atoms with Gasteiger partial charge in [-0.15, -0.1) is 10.2 Å². The highest BCUT2D eigenvalue weighted by Crippen LogP contribution is 2.27. The molecule has 0 saturated heterocycles. The lowest BCUT2D eigenvalue weighted by molar-refractivity contribution is 0.355. The quantitative estimate of drug-likeness (QED) is 0.418. The normalized spacial score (nSPS) is 11.4. The molecule has 136 valence electrons. The summed E-state index contributed by atoms with van der Waals surface area (Å²) in [5, 5.41) is 13.5. The SMILES string of the molecule is COc1ccc(C=NNc2nnc3c(n2)[nH]c2ccc(C)cc23)cc1OC. The molecule has 4 rings (SSSR count). The Bertz CT molecular complexity index is 1150. The first-order chi connectivity index (χ1) is 13.2. The van der Waals surface area contributed by atoms with Gasteiger partial charge in [0, 0.05) is 10.9 Å². The molecule has 27 heavy (non-hydrogen) atoms. The zero-order valence-electron chi connectivity index (χ0n) is 15.1. The van der Waals surface area contributed by atoms with Crippen LogP contribution in [0.5, 0.6) is 11.5 Å². The molecule has 0 aliphatic rings. The van der Waals surface area contributed by atoms with Gasteiger partial charge in [-0.3, -0.25) is 0 Å². The number of ether oxygens (including phenoxy) is 2. The van der Waals surface area contributed by atoms with Crippen molar-refractivity contribution in [2.45, 2.75) is 6.92 Å². The minimum atomic E-state index is 0.308. The van der Waals surface area contributed by atoms with Gasteiger partial charge in [-0.05, 0) is 42.8 Å². The Morgan fingerprint density at radius 3 is 2.70 bits per heavy atom. The second-order valence-electron chi connectivity index (χ2n) is 5.99. The monoisotopic (exact) mass is 362 g/mol. The van der Waals surface area contributed by atoms with E-state index in [1.54, 1.807) is 20.4 Å². The highest BCUT2D eigenvalue weighted by molar-refractivity contribution is 6.03. The van der Waals surface area contributed by atoms with E-state index in [1.165, 1.54) is 0 Å². The Morgan fingerprint density at radius 1 is 1.04 bits per heavy atom. The molecule has 2 aromatic carbocycles. The minimum Gasteiger partial charge on any atom is -0.493 e. The van der Waals surface area contributed by atoms with E-state index in [1.807, 2.05) is 37.3 Å². The predicted molar refractivity (Wildman–Crippen MR) is 105 cm³/mol. The van der Waals surface area contributed by atoms with E-state index >= 15 is 0 Å². The van der Waals surface area contributed by atoms with Crippen LogP contribution in [-0.2, 0) is 0 Å². The van der Waals surface area contributed by atoms with Crippen molar-refractivity contribution in [2.24, 2.45) is 5.10 Å². The Balaban J connectivity index is 1.57. The van der Waals surface area contributed by atoms with Gasteiger partial charge in [0.1, 0.15) is 5.52 Å². The van der Waals surface area contributed by atoms with E-state index in [4.69, 9.17) is 9.47 Å². The second-order valence-corrected chi connectivity index (χ2v) is 5.99. The van der Waals surface area contributed by atoms with Crippen LogP contribution in [0.2, 0.25) is 0 Å². The van der Waals surface area contributed by atoms with Crippen molar-refractivity contribution < 1.29 is 9.47 Å². The zero-order valence-corrected chi connectivity index (χ0v) is 15.1. The number of aromatic nitrogens is 4. The topological polar surface area (TPSA) is 97.3 Å². The molecular weight excluding hydrogens is 344 g/mol. The summed E-state index contributed by atoms with van der Waals surface area (Å²) in [6.45, 7) is 2.04. The van der Waals surface area contributed by atoms with Gasteiger partial charge in [0.25, 0.3) is 5.95 Å². The number of fused-ring (bicyclic) bond motifs is 3.